The molecule has 0 aliphatic carbocycles. The number of hydrogen-bond acceptors (Lipinski definition) is 7. The summed E-state index contributed by atoms with van der Waals surface area (Å²) < 4.78 is 18.1. The number of rotatable bonds is 5. The molecule has 2 atom stereocenters. The van der Waals surface area contributed by atoms with Crippen LogP contribution in [0.25, 0.3) is 0 Å². The maximum atomic E-state index is 5.64. The Morgan fingerprint density at radius 2 is 1.81 bits per heavy atom. The van der Waals surface area contributed by atoms with Crippen LogP contribution in [-0.4, -0.2) is 41.5 Å². The molecule has 2 heterocycles. The molecule has 1 N–H and O–H groups in total. The van der Waals surface area contributed by atoms with Crippen LogP contribution in [0, 0.1) is 0 Å². The molecule has 0 unspecified atom stereocenters. The third-order valence-electron chi connectivity index (χ3n) is 4.86. The molecule has 0 saturated carbocycles. The summed E-state index contributed by atoms with van der Waals surface area (Å²) in [6.45, 7) is 0. The van der Waals surface area contributed by atoms with Crippen LogP contribution in [0.5, 0.6) is 17.2 Å². The second-order valence-electron chi connectivity index (χ2n) is 6.25. The van der Waals surface area contributed by atoms with Crippen molar-refractivity contribution >= 4 is 5.95 Å². The van der Waals surface area contributed by atoms with Gasteiger partial charge >= 0.3 is 0 Å². The monoisotopic (exact) mass is 367 g/mol. The summed E-state index contributed by atoms with van der Waals surface area (Å²) in [5.74, 6) is 2.83. The number of aromatic nitrogens is 4. The molecule has 1 aliphatic rings. The average Bonchev–Trinajstić information content (AvgIpc) is 3.21. The number of para-hydroxylation sites is 1. The first kappa shape index (κ1) is 17.1. The topological polar surface area (TPSA) is 83.3 Å². The molecule has 0 amide bonds. The van der Waals surface area contributed by atoms with Gasteiger partial charge in [0.25, 0.3) is 0 Å². The van der Waals surface area contributed by atoms with E-state index >= 15 is 0 Å². The molecule has 140 valence electrons. The Morgan fingerprint density at radius 3 is 2.52 bits per heavy atom. The highest BCUT2D eigenvalue weighted by Crippen LogP contribution is 2.43. The van der Waals surface area contributed by atoms with Crippen LogP contribution in [0.1, 0.15) is 29.6 Å². The normalized spacial score (nSPS) is 18.3. The maximum Gasteiger partial charge on any atom is 0.243 e. The molecule has 1 aromatic heterocycles. The van der Waals surface area contributed by atoms with Gasteiger partial charge in [-0.25, -0.2) is 4.68 Å². The van der Waals surface area contributed by atoms with E-state index in [1.807, 2.05) is 30.3 Å². The van der Waals surface area contributed by atoms with E-state index in [0.717, 1.165) is 23.3 Å². The SMILES string of the molecule is COc1ccc([C@@H]2C[C@H](c3cccc(OC)c3OC)n3nnnc3N2)cc1. The van der Waals surface area contributed by atoms with Crippen molar-refractivity contribution < 1.29 is 14.2 Å². The van der Waals surface area contributed by atoms with Crippen LogP contribution < -0.4 is 19.5 Å². The van der Waals surface area contributed by atoms with Crippen LogP contribution >= 0.6 is 0 Å². The highest BCUT2D eigenvalue weighted by atomic mass is 16.5. The second kappa shape index (κ2) is 7.14. The third kappa shape index (κ3) is 3.03. The van der Waals surface area contributed by atoms with Crippen LogP contribution in [0.3, 0.4) is 0 Å². The smallest absolute Gasteiger partial charge is 0.243 e. The first-order valence-corrected chi connectivity index (χ1v) is 8.64. The quantitative estimate of drug-likeness (QED) is 0.742. The molecule has 0 fully saturated rings. The van der Waals surface area contributed by atoms with Gasteiger partial charge in [0, 0.05) is 5.56 Å². The van der Waals surface area contributed by atoms with Gasteiger partial charge in [0.1, 0.15) is 5.75 Å². The van der Waals surface area contributed by atoms with Gasteiger partial charge in [0.05, 0.1) is 33.4 Å². The largest absolute Gasteiger partial charge is 0.497 e. The summed E-state index contributed by atoms with van der Waals surface area (Å²) in [6, 6.07) is 13.8. The zero-order valence-electron chi connectivity index (χ0n) is 15.4. The number of benzene rings is 2. The third-order valence-corrected chi connectivity index (χ3v) is 4.86. The Labute approximate surface area is 157 Å². The Balaban J connectivity index is 1.75. The fraction of sp³-hybridized carbons (Fsp3) is 0.316. The lowest BCUT2D eigenvalue weighted by Gasteiger charge is -2.32. The minimum Gasteiger partial charge on any atom is -0.497 e. The predicted molar refractivity (Wildman–Crippen MR) is 99.5 cm³/mol. The minimum absolute atomic E-state index is 0.0512. The van der Waals surface area contributed by atoms with E-state index in [0.29, 0.717) is 17.4 Å². The summed E-state index contributed by atoms with van der Waals surface area (Å²) in [4.78, 5) is 0. The van der Waals surface area contributed by atoms with E-state index in [4.69, 9.17) is 14.2 Å². The van der Waals surface area contributed by atoms with Crippen molar-refractivity contribution in [2.45, 2.75) is 18.5 Å². The Morgan fingerprint density at radius 1 is 1.00 bits per heavy atom. The predicted octanol–water partition coefficient (Wildman–Crippen LogP) is 2.85. The summed E-state index contributed by atoms with van der Waals surface area (Å²) >= 11 is 0. The number of nitrogens with one attached hydrogen (secondary N) is 1. The van der Waals surface area contributed by atoms with E-state index in [9.17, 15) is 0 Å². The fourth-order valence-electron chi connectivity index (χ4n) is 3.53. The molecule has 3 aromatic rings. The summed E-state index contributed by atoms with van der Waals surface area (Å²) in [5, 5.41) is 15.6. The highest BCUT2D eigenvalue weighted by Gasteiger charge is 2.33. The first-order chi connectivity index (χ1) is 13.2. The fourth-order valence-corrected chi connectivity index (χ4v) is 3.53. The van der Waals surface area contributed by atoms with Gasteiger partial charge in [-0.05, 0) is 40.6 Å². The maximum absolute atomic E-state index is 5.64. The molecule has 27 heavy (non-hydrogen) atoms. The van der Waals surface area contributed by atoms with Crippen LogP contribution in [0.2, 0.25) is 0 Å². The van der Waals surface area contributed by atoms with E-state index in [1.54, 1.807) is 26.0 Å². The first-order valence-electron chi connectivity index (χ1n) is 8.64. The molecular weight excluding hydrogens is 346 g/mol. The Hall–Kier alpha value is -3.29. The van der Waals surface area contributed by atoms with Gasteiger partial charge in [-0.15, -0.1) is 0 Å². The molecule has 8 nitrogen and oxygen atoms in total. The van der Waals surface area contributed by atoms with Crippen molar-refractivity contribution in [3.05, 3.63) is 53.6 Å². The molecule has 4 rings (SSSR count). The van der Waals surface area contributed by atoms with Crippen molar-refractivity contribution in [1.82, 2.24) is 20.2 Å². The summed E-state index contributed by atoms with van der Waals surface area (Å²) in [7, 11) is 4.93. The standard InChI is InChI=1S/C19H21N5O3/c1-25-13-9-7-12(8-10-13)15-11-16(24-19(20-15)21-22-23-24)14-5-4-6-17(26-2)18(14)27-3/h4-10,15-16H,11H2,1-3H3,(H,20,21,23)/t15-,16+/m0/s1. The molecule has 0 bridgehead atoms. The Kier molecular flexibility index (Phi) is 4.53. The van der Waals surface area contributed by atoms with Crippen molar-refractivity contribution in [3.8, 4) is 17.2 Å². The minimum atomic E-state index is -0.0894. The zero-order chi connectivity index (χ0) is 18.8. The van der Waals surface area contributed by atoms with Crippen LogP contribution in [0.15, 0.2) is 42.5 Å². The number of fused-ring (bicyclic) bond motifs is 1. The lowest BCUT2D eigenvalue weighted by atomic mass is 9.92. The zero-order valence-corrected chi connectivity index (χ0v) is 15.4. The summed E-state index contributed by atoms with van der Waals surface area (Å²) in [5.41, 5.74) is 2.11. The molecule has 2 aromatic carbocycles. The number of nitrogens with zero attached hydrogens (tertiary/aromatic N) is 4. The van der Waals surface area contributed by atoms with E-state index in [-0.39, 0.29) is 12.1 Å². The number of methoxy groups -OCH3 is 3. The lowest BCUT2D eigenvalue weighted by Crippen LogP contribution is -2.28. The van der Waals surface area contributed by atoms with Gasteiger partial charge in [0.2, 0.25) is 5.95 Å². The highest BCUT2D eigenvalue weighted by molar-refractivity contribution is 5.50. The molecule has 0 radical (unpaired) electrons. The van der Waals surface area contributed by atoms with Gasteiger partial charge in [-0.2, -0.15) is 0 Å². The number of hydrogen-bond donors (Lipinski definition) is 1. The van der Waals surface area contributed by atoms with E-state index in [1.165, 1.54) is 0 Å². The average molecular weight is 367 g/mol. The van der Waals surface area contributed by atoms with Gasteiger partial charge in [0.15, 0.2) is 11.5 Å². The van der Waals surface area contributed by atoms with Gasteiger partial charge in [-0.3, -0.25) is 0 Å². The summed E-state index contributed by atoms with van der Waals surface area (Å²) in [6.07, 6.45) is 0.758. The second-order valence-corrected chi connectivity index (χ2v) is 6.25. The number of anilines is 1. The van der Waals surface area contributed by atoms with Crippen LogP contribution in [-0.2, 0) is 0 Å². The van der Waals surface area contributed by atoms with Crippen LogP contribution in [0.4, 0.5) is 5.95 Å². The van der Waals surface area contributed by atoms with Crippen molar-refractivity contribution in [3.63, 3.8) is 0 Å². The molecule has 0 saturated heterocycles. The van der Waals surface area contributed by atoms with Gasteiger partial charge < -0.3 is 19.5 Å². The molecule has 0 spiro atoms. The molecule has 1 aliphatic heterocycles. The van der Waals surface area contributed by atoms with Gasteiger partial charge in [-0.1, -0.05) is 29.4 Å². The number of ether oxygens (including phenoxy) is 3. The van der Waals surface area contributed by atoms with Crippen molar-refractivity contribution in [1.29, 1.82) is 0 Å². The molecule has 8 heteroatoms. The lowest BCUT2D eigenvalue weighted by molar-refractivity contribution is 0.339. The van der Waals surface area contributed by atoms with Crippen molar-refractivity contribution in [2.24, 2.45) is 0 Å². The van der Waals surface area contributed by atoms with Crippen molar-refractivity contribution in [2.75, 3.05) is 26.6 Å². The number of tetrazole rings is 1. The van der Waals surface area contributed by atoms with E-state index in [2.05, 4.69) is 33.0 Å². The Bertz CT molecular complexity index is 925. The van der Waals surface area contributed by atoms with E-state index < -0.39 is 0 Å². The molecular formula is C19H21N5O3.